The molecular formula is C14H15F3N2O2S. The number of rotatable bonds is 4. The molecule has 0 N–H and O–H groups in total. The second-order valence-electron chi connectivity index (χ2n) is 5.01. The van der Waals surface area contributed by atoms with Gasteiger partial charge < -0.3 is 9.80 Å². The molecule has 1 saturated heterocycles. The van der Waals surface area contributed by atoms with Crippen molar-refractivity contribution in [2.24, 2.45) is 0 Å². The van der Waals surface area contributed by atoms with Crippen LogP contribution in [0.25, 0.3) is 0 Å². The molecule has 22 heavy (non-hydrogen) atoms. The van der Waals surface area contributed by atoms with Crippen LogP contribution in [0.2, 0.25) is 0 Å². The minimum atomic E-state index is -4.37. The molecule has 1 aliphatic heterocycles. The highest BCUT2D eigenvalue weighted by atomic mass is 32.2. The lowest BCUT2D eigenvalue weighted by Gasteiger charge is -2.21. The van der Waals surface area contributed by atoms with Crippen molar-refractivity contribution in [3.63, 3.8) is 0 Å². The quantitative estimate of drug-likeness (QED) is 0.849. The summed E-state index contributed by atoms with van der Waals surface area (Å²) in [6, 6.07) is 4.69. The molecule has 0 bridgehead atoms. The van der Waals surface area contributed by atoms with Crippen LogP contribution in [0.4, 0.5) is 13.2 Å². The van der Waals surface area contributed by atoms with Crippen molar-refractivity contribution in [3.05, 3.63) is 35.4 Å². The van der Waals surface area contributed by atoms with Gasteiger partial charge in [0.2, 0.25) is 11.8 Å². The zero-order chi connectivity index (χ0) is 16.3. The van der Waals surface area contributed by atoms with Gasteiger partial charge in [-0.3, -0.25) is 9.59 Å². The van der Waals surface area contributed by atoms with Crippen molar-refractivity contribution in [1.82, 2.24) is 9.80 Å². The fourth-order valence-electron chi connectivity index (χ4n) is 1.99. The van der Waals surface area contributed by atoms with Gasteiger partial charge in [0, 0.05) is 13.6 Å². The molecule has 0 aromatic heterocycles. The monoisotopic (exact) mass is 332 g/mol. The van der Waals surface area contributed by atoms with Gasteiger partial charge in [-0.1, -0.05) is 12.1 Å². The van der Waals surface area contributed by atoms with E-state index in [9.17, 15) is 22.8 Å². The average Bonchev–Trinajstić information content (AvgIpc) is 2.84. The summed E-state index contributed by atoms with van der Waals surface area (Å²) in [5.74, 6) is 0.575. The number of carbonyl (C=O) groups is 2. The van der Waals surface area contributed by atoms with E-state index < -0.39 is 11.7 Å². The predicted octanol–water partition coefficient (Wildman–Crippen LogP) is 2.20. The number of hydrogen-bond acceptors (Lipinski definition) is 3. The summed E-state index contributed by atoms with van der Waals surface area (Å²) >= 11 is 1.45. The molecule has 120 valence electrons. The molecule has 2 amide bonds. The third-order valence-electron chi connectivity index (χ3n) is 3.28. The molecule has 1 aliphatic rings. The van der Waals surface area contributed by atoms with E-state index in [1.165, 1.54) is 33.7 Å². The van der Waals surface area contributed by atoms with Crippen molar-refractivity contribution >= 4 is 23.6 Å². The van der Waals surface area contributed by atoms with Crippen molar-refractivity contribution in [1.29, 1.82) is 0 Å². The summed E-state index contributed by atoms with van der Waals surface area (Å²) < 4.78 is 37.4. The van der Waals surface area contributed by atoms with Gasteiger partial charge in [-0.2, -0.15) is 13.2 Å². The number of carbonyl (C=O) groups excluding carboxylic acids is 2. The smallest absolute Gasteiger partial charge is 0.340 e. The fourth-order valence-corrected chi connectivity index (χ4v) is 2.89. The minimum Gasteiger partial charge on any atom is -0.340 e. The molecule has 2 rings (SSSR count). The van der Waals surface area contributed by atoms with Gasteiger partial charge in [-0.15, -0.1) is 11.8 Å². The molecule has 0 aliphatic carbocycles. The Kier molecular flexibility index (Phi) is 5.00. The Morgan fingerprint density at radius 2 is 1.95 bits per heavy atom. The number of halogens is 3. The SMILES string of the molecule is CN(Cc1ccc(C(F)(F)F)cc1)C(=O)CN1CSCC1=O. The topological polar surface area (TPSA) is 40.6 Å². The third kappa shape index (κ3) is 4.16. The predicted molar refractivity (Wildman–Crippen MR) is 77.0 cm³/mol. The fraction of sp³-hybridized carbons (Fsp3) is 0.429. The Balaban J connectivity index is 1.92. The van der Waals surface area contributed by atoms with E-state index in [-0.39, 0.29) is 24.9 Å². The summed E-state index contributed by atoms with van der Waals surface area (Å²) in [5, 5.41) is 0. The summed E-state index contributed by atoms with van der Waals surface area (Å²) in [6.07, 6.45) is -4.37. The molecular weight excluding hydrogens is 317 g/mol. The first kappa shape index (κ1) is 16.7. The maximum Gasteiger partial charge on any atom is 0.416 e. The molecule has 1 fully saturated rings. The van der Waals surface area contributed by atoms with Gasteiger partial charge >= 0.3 is 6.18 Å². The number of amides is 2. The van der Waals surface area contributed by atoms with Crippen LogP contribution < -0.4 is 0 Å². The average molecular weight is 332 g/mol. The molecule has 0 atom stereocenters. The second-order valence-corrected chi connectivity index (χ2v) is 5.97. The summed E-state index contributed by atoms with van der Waals surface area (Å²) in [4.78, 5) is 26.3. The lowest BCUT2D eigenvalue weighted by Crippen LogP contribution is -2.38. The van der Waals surface area contributed by atoms with E-state index in [4.69, 9.17) is 0 Å². The van der Waals surface area contributed by atoms with Crippen LogP contribution in [0, 0.1) is 0 Å². The standard InChI is InChI=1S/C14H15F3N2O2S/c1-18(12(20)7-19-9-22-8-13(19)21)6-10-2-4-11(5-3-10)14(15,16)17/h2-5H,6-9H2,1H3. The van der Waals surface area contributed by atoms with Crippen LogP contribution in [0.15, 0.2) is 24.3 Å². The Bertz CT molecular complexity index is 560. The molecule has 0 radical (unpaired) electrons. The normalized spacial score (nSPS) is 15.3. The number of thioether (sulfide) groups is 1. The number of hydrogen-bond donors (Lipinski definition) is 0. The summed E-state index contributed by atoms with van der Waals surface area (Å²) in [6.45, 7) is 0.203. The Morgan fingerprint density at radius 3 is 2.45 bits per heavy atom. The first-order chi connectivity index (χ1) is 10.3. The van der Waals surface area contributed by atoms with Crippen LogP contribution >= 0.6 is 11.8 Å². The van der Waals surface area contributed by atoms with E-state index in [1.807, 2.05) is 0 Å². The van der Waals surface area contributed by atoms with E-state index in [0.29, 0.717) is 17.2 Å². The van der Waals surface area contributed by atoms with Crippen molar-refractivity contribution in [2.75, 3.05) is 25.2 Å². The number of nitrogens with zero attached hydrogens (tertiary/aromatic N) is 2. The van der Waals surface area contributed by atoms with Gasteiger partial charge in [0.15, 0.2) is 0 Å². The van der Waals surface area contributed by atoms with Gasteiger partial charge in [-0.05, 0) is 17.7 Å². The van der Waals surface area contributed by atoms with Crippen molar-refractivity contribution in [3.8, 4) is 0 Å². The van der Waals surface area contributed by atoms with Crippen molar-refractivity contribution in [2.45, 2.75) is 12.7 Å². The first-order valence-electron chi connectivity index (χ1n) is 6.53. The molecule has 1 aromatic rings. The van der Waals surface area contributed by atoms with Crippen LogP contribution in [0.3, 0.4) is 0 Å². The van der Waals surface area contributed by atoms with E-state index in [2.05, 4.69) is 0 Å². The summed E-state index contributed by atoms with van der Waals surface area (Å²) in [7, 11) is 1.56. The van der Waals surface area contributed by atoms with Crippen LogP contribution in [0.5, 0.6) is 0 Å². The zero-order valence-electron chi connectivity index (χ0n) is 11.9. The maximum atomic E-state index is 12.5. The molecule has 4 nitrogen and oxygen atoms in total. The molecule has 8 heteroatoms. The zero-order valence-corrected chi connectivity index (χ0v) is 12.7. The van der Waals surface area contributed by atoms with Gasteiger partial charge in [0.1, 0.15) is 6.54 Å². The molecule has 0 unspecified atom stereocenters. The van der Waals surface area contributed by atoms with Crippen LogP contribution in [-0.2, 0) is 22.3 Å². The van der Waals surface area contributed by atoms with Gasteiger partial charge in [-0.25, -0.2) is 0 Å². The van der Waals surface area contributed by atoms with Crippen LogP contribution in [-0.4, -0.2) is 46.8 Å². The third-order valence-corrected chi connectivity index (χ3v) is 4.22. The van der Waals surface area contributed by atoms with Crippen LogP contribution in [0.1, 0.15) is 11.1 Å². The molecule has 1 aromatic carbocycles. The first-order valence-corrected chi connectivity index (χ1v) is 7.68. The number of benzene rings is 1. The van der Waals surface area contributed by atoms with E-state index >= 15 is 0 Å². The second kappa shape index (κ2) is 6.60. The van der Waals surface area contributed by atoms with E-state index in [0.717, 1.165) is 12.1 Å². The number of alkyl halides is 3. The largest absolute Gasteiger partial charge is 0.416 e. The highest BCUT2D eigenvalue weighted by Gasteiger charge is 2.30. The maximum absolute atomic E-state index is 12.5. The number of likely N-dealkylation sites (N-methyl/N-ethyl adjacent to an activating group) is 1. The molecule has 1 heterocycles. The molecule has 0 saturated carbocycles. The van der Waals surface area contributed by atoms with E-state index in [1.54, 1.807) is 7.05 Å². The lowest BCUT2D eigenvalue weighted by atomic mass is 10.1. The molecule has 0 spiro atoms. The minimum absolute atomic E-state index is 0.00294. The summed E-state index contributed by atoms with van der Waals surface area (Å²) in [5.41, 5.74) is -0.115. The van der Waals surface area contributed by atoms with Crippen molar-refractivity contribution < 1.29 is 22.8 Å². The highest BCUT2D eigenvalue weighted by Crippen LogP contribution is 2.29. The highest BCUT2D eigenvalue weighted by molar-refractivity contribution is 8.00. The Labute approximate surface area is 130 Å². The van der Waals surface area contributed by atoms with Gasteiger partial charge in [0.05, 0.1) is 17.2 Å². The Hall–Kier alpha value is -1.70. The van der Waals surface area contributed by atoms with Gasteiger partial charge in [0.25, 0.3) is 0 Å². The lowest BCUT2D eigenvalue weighted by molar-refractivity contribution is -0.138. The Morgan fingerprint density at radius 1 is 1.32 bits per heavy atom.